The Hall–Kier alpha value is -4.46. The number of aromatic amines is 1. The van der Waals surface area contributed by atoms with Crippen LogP contribution in [0, 0.1) is 0 Å². The van der Waals surface area contributed by atoms with E-state index in [1.165, 1.54) is 11.9 Å². The lowest BCUT2D eigenvalue weighted by Crippen LogP contribution is -2.35. The van der Waals surface area contributed by atoms with Crippen LogP contribution in [0.15, 0.2) is 67.1 Å². The number of aromatic nitrogens is 5. The number of carbonyl (C=O) groups is 1. The van der Waals surface area contributed by atoms with Gasteiger partial charge in [-0.15, -0.1) is 0 Å². The van der Waals surface area contributed by atoms with Gasteiger partial charge in [-0.1, -0.05) is 50.2 Å². The Labute approximate surface area is 208 Å². The summed E-state index contributed by atoms with van der Waals surface area (Å²) in [6, 6.07) is 18.2. The van der Waals surface area contributed by atoms with Crippen LogP contribution >= 0.6 is 0 Å². The van der Waals surface area contributed by atoms with Gasteiger partial charge < -0.3 is 15.0 Å². The van der Waals surface area contributed by atoms with E-state index < -0.39 is 0 Å². The van der Waals surface area contributed by atoms with E-state index in [0.29, 0.717) is 42.7 Å². The van der Waals surface area contributed by atoms with Crippen LogP contribution in [0.2, 0.25) is 0 Å². The first-order valence-corrected chi connectivity index (χ1v) is 12.1. The van der Waals surface area contributed by atoms with Crippen molar-refractivity contribution in [2.24, 2.45) is 0 Å². The second-order valence-electron chi connectivity index (χ2n) is 9.22. The fourth-order valence-corrected chi connectivity index (χ4v) is 4.60. The molecule has 0 unspecified atom stereocenters. The third-order valence-electron chi connectivity index (χ3n) is 6.55. The summed E-state index contributed by atoms with van der Waals surface area (Å²) in [5.41, 5.74) is 6.68. The summed E-state index contributed by atoms with van der Waals surface area (Å²) >= 11 is 0. The first-order valence-electron chi connectivity index (χ1n) is 12.1. The second kappa shape index (κ2) is 8.96. The number of ether oxygens (including phenoxy) is 1. The smallest absolute Gasteiger partial charge is 0.270 e. The molecule has 0 saturated carbocycles. The summed E-state index contributed by atoms with van der Waals surface area (Å²) in [5.74, 6) is 1.12. The molecule has 36 heavy (non-hydrogen) atoms. The van der Waals surface area contributed by atoms with Gasteiger partial charge in [0.05, 0.1) is 6.54 Å². The Bertz CT molecular complexity index is 1550. The second-order valence-corrected chi connectivity index (χ2v) is 9.22. The number of H-pyrrole nitrogens is 1. The van der Waals surface area contributed by atoms with E-state index in [1.54, 1.807) is 4.68 Å². The number of nitrogens with zero attached hydrogens (tertiary/aromatic N) is 4. The number of carbonyl (C=O) groups excluding carboxylic acids is 1. The standard InChI is InChI=1S/C28H26N6O2/c1-17(2)19-5-3-18(4-6-19)15-36-21-9-7-20(8-10-21)23-25(33-34-14-13-30-28(35)26(23)34)24-22-11-12-29-27(22)32-16-31-24/h3-12,16-17H,13-15H2,1-2H3,(H,30,35)(H,29,31,32). The van der Waals surface area contributed by atoms with Gasteiger partial charge in [-0.25, -0.2) is 9.97 Å². The molecule has 8 heteroatoms. The quantitative estimate of drug-likeness (QED) is 0.360. The van der Waals surface area contributed by atoms with Crippen molar-refractivity contribution >= 4 is 16.9 Å². The largest absolute Gasteiger partial charge is 0.489 e. The van der Waals surface area contributed by atoms with Crippen LogP contribution < -0.4 is 10.1 Å². The van der Waals surface area contributed by atoms with Crippen molar-refractivity contribution in [3.8, 4) is 28.3 Å². The molecule has 3 aromatic heterocycles. The van der Waals surface area contributed by atoms with Gasteiger partial charge in [0.2, 0.25) is 0 Å². The minimum absolute atomic E-state index is 0.139. The molecule has 4 heterocycles. The molecule has 180 valence electrons. The average molecular weight is 479 g/mol. The topological polar surface area (TPSA) is 97.7 Å². The predicted octanol–water partition coefficient (Wildman–Crippen LogP) is 4.93. The van der Waals surface area contributed by atoms with Gasteiger partial charge in [-0.3, -0.25) is 9.48 Å². The molecule has 0 atom stereocenters. The fraction of sp³-hybridized carbons (Fsp3) is 0.214. The van der Waals surface area contributed by atoms with Gasteiger partial charge in [-0.05, 0) is 40.8 Å². The summed E-state index contributed by atoms with van der Waals surface area (Å²) in [7, 11) is 0. The Morgan fingerprint density at radius 1 is 1.00 bits per heavy atom. The molecule has 0 aliphatic carbocycles. The minimum atomic E-state index is -0.139. The molecule has 5 aromatic rings. The van der Waals surface area contributed by atoms with E-state index in [2.05, 4.69) is 58.4 Å². The van der Waals surface area contributed by atoms with E-state index in [-0.39, 0.29) is 5.91 Å². The van der Waals surface area contributed by atoms with E-state index >= 15 is 0 Å². The van der Waals surface area contributed by atoms with Crippen LogP contribution in [0.4, 0.5) is 0 Å². The van der Waals surface area contributed by atoms with E-state index in [1.807, 2.05) is 36.5 Å². The highest BCUT2D eigenvalue weighted by molar-refractivity contribution is 6.05. The zero-order chi connectivity index (χ0) is 24.6. The van der Waals surface area contributed by atoms with Crippen LogP contribution in [0.1, 0.15) is 41.4 Å². The summed E-state index contributed by atoms with van der Waals surface area (Å²) in [4.78, 5) is 24.9. The highest BCUT2D eigenvalue weighted by atomic mass is 16.5. The van der Waals surface area contributed by atoms with Crippen molar-refractivity contribution in [3.05, 3.63) is 83.9 Å². The van der Waals surface area contributed by atoms with Gasteiger partial charge in [-0.2, -0.15) is 5.10 Å². The van der Waals surface area contributed by atoms with E-state index in [4.69, 9.17) is 9.84 Å². The number of fused-ring (bicyclic) bond motifs is 2. The molecule has 0 saturated heterocycles. The Balaban J connectivity index is 1.34. The van der Waals surface area contributed by atoms with Crippen LogP contribution in [0.5, 0.6) is 5.75 Å². The summed E-state index contributed by atoms with van der Waals surface area (Å²) in [6.07, 6.45) is 3.34. The number of hydrogen-bond donors (Lipinski definition) is 2. The minimum Gasteiger partial charge on any atom is -0.489 e. The number of rotatable bonds is 6. The lowest BCUT2D eigenvalue weighted by atomic mass is 9.99. The highest BCUT2D eigenvalue weighted by Crippen LogP contribution is 2.37. The maximum Gasteiger partial charge on any atom is 0.270 e. The molecule has 2 N–H and O–H groups in total. The normalized spacial score (nSPS) is 13.1. The summed E-state index contributed by atoms with van der Waals surface area (Å²) < 4.78 is 7.81. The van der Waals surface area contributed by atoms with Crippen LogP contribution in [-0.2, 0) is 13.2 Å². The SMILES string of the molecule is CC(C)c1ccc(COc2ccc(-c3c(-c4ncnc5[nH]ccc45)nn4c3C(=O)NCC4)cc2)cc1. The molecule has 8 nitrogen and oxygen atoms in total. The van der Waals surface area contributed by atoms with Gasteiger partial charge in [0, 0.05) is 23.7 Å². The summed E-state index contributed by atoms with van der Waals surface area (Å²) in [6.45, 7) is 6.01. The van der Waals surface area contributed by atoms with Crippen molar-refractivity contribution in [1.29, 1.82) is 0 Å². The fourth-order valence-electron chi connectivity index (χ4n) is 4.60. The molecule has 0 spiro atoms. The number of benzene rings is 2. The van der Waals surface area contributed by atoms with Crippen molar-refractivity contribution in [2.45, 2.75) is 32.9 Å². The van der Waals surface area contributed by atoms with Crippen LogP contribution in [-0.4, -0.2) is 37.2 Å². The lowest BCUT2D eigenvalue weighted by Gasteiger charge is -2.15. The number of amides is 1. The monoisotopic (exact) mass is 478 g/mol. The van der Waals surface area contributed by atoms with Crippen molar-refractivity contribution < 1.29 is 9.53 Å². The Morgan fingerprint density at radius 2 is 1.81 bits per heavy atom. The van der Waals surface area contributed by atoms with Crippen molar-refractivity contribution in [1.82, 2.24) is 30.0 Å². The van der Waals surface area contributed by atoms with Crippen LogP contribution in [0.25, 0.3) is 33.5 Å². The van der Waals surface area contributed by atoms with Gasteiger partial charge >= 0.3 is 0 Å². The van der Waals surface area contributed by atoms with Crippen molar-refractivity contribution in [2.75, 3.05) is 6.54 Å². The van der Waals surface area contributed by atoms with Gasteiger partial charge in [0.1, 0.15) is 41.4 Å². The lowest BCUT2D eigenvalue weighted by molar-refractivity contribution is 0.0925. The van der Waals surface area contributed by atoms with E-state index in [0.717, 1.165) is 33.5 Å². The van der Waals surface area contributed by atoms with E-state index in [9.17, 15) is 4.79 Å². The first-order chi connectivity index (χ1) is 17.6. The molecule has 2 aromatic carbocycles. The third-order valence-corrected chi connectivity index (χ3v) is 6.55. The molecule has 0 bridgehead atoms. The molecule has 6 rings (SSSR count). The maximum atomic E-state index is 12.9. The highest BCUT2D eigenvalue weighted by Gasteiger charge is 2.29. The Kier molecular flexibility index (Phi) is 5.48. The van der Waals surface area contributed by atoms with Crippen molar-refractivity contribution in [3.63, 3.8) is 0 Å². The third kappa shape index (κ3) is 3.90. The molecule has 1 aliphatic heterocycles. The molecule has 0 fully saturated rings. The zero-order valence-corrected chi connectivity index (χ0v) is 20.2. The van der Waals surface area contributed by atoms with Gasteiger partial charge in [0.25, 0.3) is 5.91 Å². The molecule has 0 radical (unpaired) electrons. The molecular formula is C28H26N6O2. The Morgan fingerprint density at radius 3 is 2.58 bits per heavy atom. The molecule has 1 amide bonds. The number of hydrogen-bond acceptors (Lipinski definition) is 5. The molecule has 1 aliphatic rings. The van der Waals surface area contributed by atoms with Crippen LogP contribution in [0.3, 0.4) is 0 Å². The average Bonchev–Trinajstić information content (AvgIpc) is 3.54. The maximum absolute atomic E-state index is 12.9. The zero-order valence-electron chi connectivity index (χ0n) is 20.2. The van der Waals surface area contributed by atoms with Gasteiger partial charge in [0.15, 0.2) is 0 Å². The first kappa shape index (κ1) is 22.0. The number of nitrogens with one attached hydrogen (secondary N) is 2. The summed E-state index contributed by atoms with van der Waals surface area (Å²) in [5, 5.41) is 8.62. The molecular weight excluding hydrogens is 452 g/mol. The predicted molar refractivity (Wildman–Crippen MR) is 138 cm³/mol.